The molecule has 4 aliphatic rings. The summed E-state index contributed by atoms with van der Waals surface area (Å²) in [6.07, 6.45) is 13.4. The summed E-state index contributed by atoms with van der Waals surface area (Å²) in [6.45, 7) is 1.84. The first-order valence-corrected chi connectivity index (χ1v) is 16.1. The van der Waals surface area contributed by atoms with Crippen molar-refractivity contribution in [3.63, 3.8) is 0 Å². The summed E-state index contributed by atoms with van der Waals surface area (Å²) >= 11 is 0. The predicted octanol–water partition coefficient (Wildman–Crippen LogP) is 7.03. The summed E-state index contributed by atoms with van der Waals surface area (Å²) in [6, 6.07) is 14.9. The first-order valence-electron chi connectivity index (χ1n) is 16.1. The van der Waals surface area contributed by atoms with Crippen molar-refractivity contribution in [1.29, 1.82) is 0 Å². The zero-order chi connectivity index (χ0) is 33.1. The van der Waals surface area contributed by atoms with Crippen LogP contribution in [0, 0.1) is 12.3 Å². The molecule has 246 valence electrons. The van der Waals surface area contributed by atoms with Gasteiger partial charge in [-0.1, -0.05) is 18.1 Å². The van der Waals surface area contributed by atoms with Crippen LogP contribution in [0.2, 0.25) is 0 Å². The van der Waals surface area contributed by atoms with E-state index in [-0.39, 0.29) is 12.1 Å². The average molecular weight is 637 g/mol. The monoisotopic (exact) mass is 636 g/mol. The molecule has 0 aliphatic carbocycles. The molecule has 0 aromatic heterocycles. The van der Waals surface area contributed by atoms with E-state index in [1.807, 2.05) is 12.1 Å². The molecule has 4 bridgehead atoms. The fourth-order valence-corrected chi connectivity index (χ4v) is 7.10. The summed E-state index contributed by atoms with van der Waals surface area (Å²) in [7, 11) is 11.0. The lowest BCUT2D eigenvalue weighted by Gasteiger charge is -2.37. The van der Waals surface area contributed by atoms with E-state index in [4.69, 9.17) is 34.8 Å². The third-order valence-electron chi connectivity index (χ3n) is 9.64. The van der Waals surface area contributed by atoms with Gasteiger partial charge in [-0.15, -0.1) is 6.42 Å². The van der Waals surface area contributed by atoms with Crippen molar-refractivity contribution in [3.05, 3.63) is 94.0 Å². The zero-order valence-corrected chi connectivity index (χ0v) is 28.2. The van der Waals surface area contributed by atoms with Crippen LogP contribution in [0.25, 0.3) is 0 Å². The van der Waals surface area contributed by atoms with Crippen LogP contribution in [-0.4, -0.2) is 65.4 Å². The number of hydrogen-bond acceptors (Lipinski definition) is 8. The van der Waals surface area contributed by atoms with Crippen LogP contribution < -0.4 is 23.7 Å². The second-order valence-corrected chi connectivity index (χ2v) is 12.3. The number of terminal acetylenes is 1. The van der Waals surface area contributed by atoms with Crippen molar-refractivity contribution in [1.82, 2.24) is 9.80 Å². The highest BCUT2D eigenvalue weighted by Gasteiger charge is 2.34. The molecular weight excluding hydrogens is 592 g/mol. The summed E-state index contributed by atoms with van der Waals surface area (Å²) in [5.41, 5.74) is 5.96. The van der Waals surface area contributed by atoms with Gasteiger partial charge in [0.25, 0.3) is 0 Å². The molecule has 0 fully saturated rings. The van der Waals surface area contributed by atoms with E-state index in [1.54, 1.807) is 34.5 Å². The molecule has 7 rings (SSSR count). The van der Waals surface area contributed by atoms with Gasteiger partial charge < -0.3 is 28.4 Å². The molecule has 4 heterocycles. The van der Waals surface area contributed by atoms with Gasteiger partial charge in [0.15, 0.2) is 34.5 Å². The smallest absolute Gasteiger partial charge is 0.204 e. The first kappa shape index (κ1) is 32.4. The lowest BCUT2D eigenvalue weighted by Crippen LogP contribution is -2.33. The van der Waals surface area contributed by atoms with Crippen molar-refractivity contribution >= 4 is 0 Å². The van der Waals surface area contributed by atoms with Gasteiger partial charge in [-0.25, -0.2) is 0 Å². The molecule has 3 aromatic carbocycles. The number of benzene rings is 3. The van der Waals surface area contributed by atoms with Crippen LogP contribution in [0.15, 0.2) is 66.1 Å². The minimum absolute atomic E-state index is 0.0225. The number of fused-ring (bicyclic) bond motifs is 5. The second kappa shape index (κ2) is 14.0. The van der Waals surface area contributed by atoms with Crippen molar-refractivity contribution in [2.45, 2.75) is 44.2 Å². The maximum absolute atomic E-state index is 7.00. The van der Waals surface area contributed by atoms with Crippen molar-refractivity contribution < 1.29 is 28.4 Å². The number of hydrogen-bond donors (Lipinski definition) is 0. The van der Waals surface area contributed by atoms with Crippen LogP contribution >= 0.6 is 0 Å². The SMILES string of the molecule is C#C/C=C(OC)\C1=C/CC[C@H]2c3c(cc(OC)c(OC)c3Oc3cc4c(cc3OC)CCN(C)[C@H]4Cc3ccc(cc3)O1)CCN2C. The minimum atomic E-state index is 0.0225. The van der Waals surface area contributed by atoms with Gasteiger partial charge in [-0.05, 0) is 105 Å². The second-order valence-electron chi connectivity index (χ2n) is 12.3. The number of rotatable bonds is 5. The largest absolute Gasteiger partial charge is 0.493 e. The molecule has 0 saturated carbocycles. The van der Waals surface area contributed by atoms with Gasteiger partial charge in [0.2, 0.25) is 5.75 Å². The van der Waals surface area contributed by atoms with Crippen molar-refractivity contribution in [3.8, 4) is 46.8 Å². The lowest BCUT2D eigenvalue weighted by molar-refractivity contribution is 0.211. The van der Waals surface area contributed by atoms with Gasteiger partial charge >= 0.3 is 0 Å². The van der Waals surface area contributed by atoms with Gasteiger partial charge in [0, 0.05) is 36.8 Å². The summed E-state index contributed by atoms with van der Waals surface area (Å²) in [5.74, 6) is 7.60. The molecule has 0 amide bonds. The number of likely N-dealkylation sites (N-methyl/N-ethyl adjacent to an activating group) is 2. The van der Waals surface area contributed by atoms with Gasteiger partial charge in [0.05, 0.1) is 28.4 Å². The Morgan fingerprint density at radius 1 is 0.872 bits per heavy atom. The first-order chi connectivity index (χ1) is 22.9. The summed E-state index contributed by atoms with van der Waals surface area (Å²) in [4.78, 5) is 4.78. The molecule has 0 saturated heterocycles. The molecule has 8 nitrogen and oxygen atoms in total. The standard InChI is InChI=1S/C39H44N2O6/c1-8-10-32(42-4)33-12-9-11-30-37-27(18-20-40(30)2)23-36(44-6)38(45-7)39(37)47-35-24-29-26(22-34(35)43-5)17-19-41(3)31(29)21-25-13-15-28(46-33)16-14-25/h1,10,12-16,22-24,30-31H,9,11,17-21H2,2-7H3/b32-10+,33-12+/t30-,31-/m0/s1. The fraction of sp³-hybridized carbons (Fsp3) is 0.385. The Morgan fingerprint density at radius 2 is 1.57 bits per heavy atom. The van der Waals surface area contributed by atoms with E-state index in [0.29, 0.717) is 46.7 Å². The number of nitrogens with zero attached hydrogens (tertiary/aromatic N) is 2. The quantitative estimate of drug-likeness (QED) is 0.219. The van der Waals surface area contributed by atoms with Crippen LogP contribution in [-0.2, 0) is 24.0 Å². The molecular formula is C39H44N2O6. The summed E-state index contributed by atoms with van der Waals surface area (Å²) in [5, 5.41) is 0. The molecule has 0 N–H and O–H groups in total. The molecule has 0 radical (unpaired) electrons. The Morgan fingerprint density at radius 3 is 2.26 bits per heavy atom. The van der Waals surface area contributed by atoms with Crippen LogP contribution in [0.3, 0.4) is 0 Å². The molecule has 0 spiro atoms. The Hall–Kier alpha value is -4.58. The van der Waals surface area contributed by atoms with E-state index in [0.717, 1.165) is 50.1 Å². The van der Waals surface area contributed by atoms with E-state index >= 15 is 0 Å². The van der Waals surface area contributed by atoms with E-state index < -0.39 is 0 Å². The minimum Gasteiger partial charge on any atom is -0.493 e. The maximum Gasteiger partial charge on any atom is 0.204 e. The number of methoxy groups -OCH3 is 4. The highest BCUT2D eigenvalue weighted by molar-refractivity contribution is 5.63. The Kier molecular flexibility index (Phi) is 9.67. The molecule has 3 aromatic rings. The number of allylic oxidation sites excluding steroid dienone is 2. The van der Waals surface area contributed by atoms with E-state index in [9.17, 15) is 0 Å². The third kappa shape index (κ3) is 6.38. The molecule has 4 aliphatic heterocycles. The van der Waals surface area contributed by atoms with Crippen LogP contribution in [0.1, 0.15) is 52.7 Å². The lowest BCUT2D eigenvalue weighted by atomic mass is 9.88. The highest BCUT2D eigenvalue weighted by Crippen LogP contribution is 2.52. The van der Waals surface area contributed by atoms with Crippen LogP contribution in [0.4, 0.5) is 0 Å². The third-order valence-corrected chi connectivity index (χ3v) is 9.64. The van der Waals surface area contributed by atoms with Crippen LogP contribution in [0.5, 0.6) is 34.5 Å². The van der Waals surface area contributed by atoms with Crippen molar-refractivity contribution in [2.75, 3.05) is 55.6 Å². The molecule has 8 heteroatoms. The molecule has 47 heavy (non-hydrogen) atoms. The van der Waals surface area contributed by atoms with E-state index in [1.165, 1.54) is 22.3 Å². The predicted molar refractivity (Wildman–Crippen MR) is 183 cm³/mol. The zero-order valence-electron chi connectivity index (χ0n) is 28.2. The van der Waals surface area contributed by atoms with Gasteiger partial charge in [-0.3, -0.25) is 9.80 Å². The summed E-state index contributed by atoms with van der Waals surface area (Å²) < 4.78 is 36.9. The Balaban J connectivity index is 1.56. The average Bonchev–Trinajstić information content (AvgIpc) is 3.08. The normalized spacial score (nSPS) is 21.0. The topological polar surface area (TPSA) is 61.9 Å². The molecule has 2 atom stereocenters. The van der Waals surface area contributed by atoms with Gasteiger partial charge in [-0.2, -0.15) is 0 Å². The maximum atomic E-state index is 7.00. The van der Waals surface area contributed by atoms with Crippen molar-refractivity contribution in [2.24, 2.45) is 0 Å². The fourth-order valence-electron chi connectivity index (χ4n) is 7.10. The highest BCUT2D eigenvalue weighted by atomic mass is 16.5. The molecule has 0 unspecified atom stereocenters. The van der Waals surface area contributed by atoms with Gasteiger partial charge in [0.1, 0.15) is 5.75 Å². The Bertz CT molecular complexity index is 1720. The van der Waals surface area contributed by atoms with E-state index in [2.05, 4.69) is 66.2 Å². The number of ether oxygens (including phenoxy) is 6. The Labute approximate surface area is 278 Å².